The molecule has 0 radical (unpaired) electrons. The first-order chi connectivity index (χ1) is 13.7. The summed E-state index contributed by atoms with van der Waals surface area (Å²) < 4.78 is 8.73. The van der Waals surface area contributed by atoms with E-state index in [1.807, 2.05) is 11.5 Å². The number of carbonyl (C=O) groups is 1. The molecule has 1 N–H and O–H groups in total. The van der Waals surface area contributed by atoms with Crippen LogP contribution in [0.25, 0.3) is 11.2 Å². The topological polar surface area (TPSA) is 91.0 Å². The molecule has 146 valence electrons. The van der Waals surface area contributed by atoms with Crippen molar-refractivity contribution in [1.29, 1.82) is 0 Å². The van der Waals surface area contributed by atoms with Crippen LogP contribution in [0.15, 0.2) is 35.4 Å². The van der Waals surface area contributed by atoms with Gasteiger partial charge >= 0.3 is 0 Å². The molecule has 8 nitrogen and oxygen atoms in total. The molecule has 1 amide bonds. The molecule has 1 aliphatic rings. The molecule has 1 aromatic carbocycles. The van der Waals surface area contributed by atoms with Gasteiger partial charge in [-0.2, -0.15) is 0 Å². The second-order valence-corrected chi connectivity index (χ2v) is 6.85. The number of benzene rings is 1. The van der Waals surface area contributed by atoms with Crippen molar-refractivity contribution >= 4 is 22.8 Å². The summed E-state index contributed by atoms with van der Waals surface area (Å²) in [6, 6.07) is 7.10. The highest BCUT2D eigenvalue weighted by Gasteiger charge is 2.18. The summed E-state index contributed by atoms with van der Waals surface area (Å²) in [4.78, 5) is 34.1. The number of aromatic nitrogens is 4. The molecule has 3 heterocycles. The van der Waals surface area contributed by atoms with E-state index >= 15 is 0 Å². The number of hydrogen-bond donors (Lipinski definition) is 1. The van der Waals surface area contributed by atoms with Crippen molar-refractivity contribution in [1.82, 2.24) is 19.1 Å². The molecule has 0 saturated heterocycles. The Morgan fingerprint density at radius 2 is 2.04 bits per heavy atom. The van der Waals surface area contributed by atoms with E-state index in [1.54, 1.807) is 24.3 Å². The second kappa shape index (κ2) is 7.84. The van der Waals surface area contributed by atoms with Gasteiger partial charge in [-0.25, -0.2) is 9.97 Å². The largest absolute Gasteiger partial charge is 0.494 e. The second-order valence-electron chi connectivity index (χ2n) is 6.85. The fourth-order valence-corrected chi connectivity index (χ4v) is 3.50. The first-order valence-corrected chi connectivity index (χ1v) is 9.63. The van der Waals surface area contributed by atoms with E-state index < -0.39 is 0 Å². The average molecular weight is 381 g/mol. The van der Waals surface area contributed by atoms with Gasteiger partial charge in [0.15, 0.2) is 11.2 Å². The zero-order valence-corrected chi connectivity index (χ0v) is 15.9. The predicted octanol–water partition coefficient (Wildman–Crippen LogP) is 2.36. The smallest absolute Gasteiger partial charge is 0.282 e. The molecule has 0 unspecified atom stereocenters. The van der Waals surface area contributed by atoms with Gasteiger partial charge in [-0.05, 0) is 44.0 Å². The SMILES string of the molecule is CCOc1ccc(NC(=O)Cn2cnc3c(nc4n3CCCCC4)c2=O)cc1. The Balaban J connectivity index is 1.52. The average Bonchev–Trinajstić information content (AvgIpc) is 2.88. The van der Waals surface area contributed by atoms with E-state index in [4.69, 9.17) is 4.74 Å². The van der Waals surface area contributed by atoms with Crippen molar-refractivity contribution in [2.24, 2.45) is 0 Å². The Bertz CT molecular complexity index is 1050. The van der Waals surface area contributed by atoms with Crippen LogP contribution in [0.5, 0.6) is 5.75 Å². The molecule has 0 fully saturated rings. The lowest BCUT2D eigenvalue weighted by atomic mass is 10.2. The molecule has 0 aliphatic carbocycles. The summed E-state index contributed by atoms with van der Waals surface area (Å²) in [5.74, 6) is 1.35. The third-order valence-electron chi connectivity index (χ3n) is 4.85. The van der Waals surface area contributed by atoms with Gasteiger partial charge in [-0.3, -0.25) is 14.2 Å². The normalized spacial score (nSPS) is 13.8. The molecule has 0 saturated carbocycles. The third kappa shape index (κ3) is 3.62. The van der Waals surface area contributed by atoms with E-state index in [-0.39, 0.29) is 18.0 Å². The van der Waals surface area contributed by atoms with Gasteiger partial charge in [-0.1, -0.05) is 6.42 Å². The third-order valence-corrected chi connectivity index (χ3v) is 4.85. The van der Waals surface area contributed by atoms with Gasteiger partial charge < -0.3 is 14.6 Å². The Morgan fingerprint density at radius 1 is 1.21 bits per heavy atom. The minimum Gasteiger partial charge on any atom is -0.494 e. The van der Waals surface area contributed by atoms with Crippen LogP contribution < -0.4 is 15.6 Å². The summed E-state index contributed by atoms with van der Waals surface area (Å²) in [5, 5.41) is 2.78. The summed E-state index contributed by atoms with van der Waals surface area (Å²) in [5.41, 5.74) is 1.31. The molecule has 28 heavy (non-hydrogen) atoms. The molecule has 0 bridgehead atoms. The zero-order valence-electron chi connectivity index (χ0n) is 15.9. The van der Waals surface area contributed by atoms with Gasteiger partial charge in [0, 0.05) is 18.7 Å². The Hall–Kier alpha value is -3.16. The number of ether oxygens (including phenoxy) is 1. The van der Waals surface area contributed by atoms with Crippen LogP contribution in [-0.4, -0.2) is 31.6 Å². The van der Waals surface area contributed by atoms with E-state index in [0.29, 0.717) is 23.5 Å². The number of fused-ring (bicyclic) bond motifs is 3. The summed E-state index contributed by atoms with van der Waals surface area (Å²) in [6.45, 7) is 3.22. The van der Waals surface area contributed by atoms with Crippen LogP contribution in [0.2, 0.25) is 0 Å². The predicted molar refractivity (Wildman–Crippen MR) is 106 cm³/mol. The van der Waals surface area contributed by atoms with Crippen LogP contribution in [0.4, 0.5) is 5.69 Å². The number of imidazole rings is 1. The van der Waals surface area contributed by atoms with Gasteiger partial charge in [0.2, 0.25) is 5.91 Å². The van der Waals surface area contributed by atoms with E-state index in [9.17, 15) is 9.59 Å². The molecular weight excluding hydrogens is 358 g/mol. The van der Waals surface area contributed by atoms with Crippen molar-refractivity contribution in [2.45, 2.75) is 45.7 Å². The highest BCUT2D eigenvalue weighted by molar-refractivity contribution is 5.90. The van der Waals surface area contributed by atoms with Crippen LogP contribution in [-0.2, 0) is 24.3 Å². The number of rotatable bonds is 5. The van der Waals surface area contributed by atoms with Crippen molar-refractivity contribution in [3.8, 4) is 5.75 Å². The Kier molecular flexibility index (Phi) is 5.10. The summed E-state index contributed by atoms with van der Waals surface area (Å²) >= 11 is 0. The standard InChI is InChI=1S/C20H23N5O3/c1-2-28-15-9-7-14(8-10-15)22-17(26)12-24-13-21-19-18(20(24)27)23-16-6-4-3-5-11-25(16)19/h7-10,13H,2-6,11-12H2,1H3,(H,22,26). The lowest BCUT2D eigenvalue weighted by Gasteiger charge is -2.08. The number of nitrogens with zero attached hydrogens (tertiary/aromatic N) is 4. The molecule has 4 rings (SSSR count). The van der Waals surface area contributed by atoms with Crippen molar-refractivity contribution < 1.29 is 9.53 Å². The molecule has 2 aromatic heterocycles. The van der Waals surface area contributed by atoms with Gasteiger partial charge in [-0.15, -0.1) is 0 Å². The molecule has 0 spiro atoms. The van der Waals surface area contributed by atoms with Gasteiger partial charge in [0.1, 0.15) is 24.4 Å². The van der Waals surface area contributed by atoms with E-state index in [1.165, 1.54) is 10.9 Å². The highest BCUT2D eigenvalue weighted by atomic mass is 16.5. The van der Waals surface area contributed by atoms with E-state index in [2.05, 4.69) is 15.3 Å². The van der Waals surface area contributed by atoms with Crippen molar-refractivity contribution in [3.05, 3.63) is 46.8 Å². The number of nitrogens with one attached hydrogen (secondary N) is 1. The van der Waals surface area contributed by atoms with Crippen LogP contribution in [0.3, 0.4) is 0 Å². The summed E-state index contributed by atoms with van der Waals surface area (Å²) in [7, 11) is 0. The lowest BCUT2D eigenvalue weighted by Crippen LogP contribution is -2.28. The van der Waals surface area contributed by atoms with Crippen LogP contribution in [0, 0.1) is 0 Å². The fourth-order valence-electron chi connectivity index (χ4n) is 3.50. The van der Waals surface area contributed by atoms with Crippen LogP contribution in [0.1, 0.15) is 32.0 Å². The quantitative estimate of drug-likeness (QED) is 0.733. The fraction of sp³-hybridized carbons (Fsp3) is 0.400. The first kappa shape index (κ1) is 18.2. The van der Waals surface area contributed by atoms with Crippen molar-refractivity contribution in [3.63, 3.8) is 0 Å². The minimum absolute atomic E-state index is 0.114. The maximum absolute atomic E-state index is 12.8. The zero-order chi connectivity index (χ0) is 19.5. The molecule has 8 heteroatoms. The number of amides is 1. The maximum Gasteiger partial charge on any atom is 0.282 e. The Labute approximate surface area is 162 Å². The maximum atomic E-state index is 12.8. The Morgan fingerprint density at radius 3 is 2.82 bits per heavy atom. The van der Waals surface area contributed by atoms with Gasteiger partial charge in [0.05, 0.1) is 6.61 Å². The number of carbonyl (C=O) groups excluding carboxylic acids is 1. The first-order valence-electron chi connectivity index (χ1n) is 9.63. The van der Waals surface area contributed by atoms with Crippen LogP contribution >= 0.6 is 0 Å². The molecule has 1 aliphatic heterocycles. The molecule has 0 atom stereocenters. The summed E-state index contributed by atoms with van der Waals surface area (Å²) in [6.07, 6.45) is 5.58. The number of aryl methyl sites for hydroxylation is 2. The van der Waals surface area contributed by atoms with Gasteiger partial charge in [0.25, 0.3) is 5.56 Å². The lowest BCUT2D eigenvalue weighted by molar-refractivity contribution is -0.116. The molecular formula is C20H23N5O3. The number of anilines is 1. The highest BCUT2D eigenvalue weighted by Crippen LogP contribution is 2.18. The number of hydrogen-bond acceptors (Lipinski definition) is 5. The van der Waals surface area contributed by atoms with E-state index in [0.717, 1.165) is 43.8 Å². The molecule has 3 aromatic rings. The monoisotopic (exact) mass is 381 g/mol. The van der Waals surface area contributed by atoms with Crippen molar-refractivity contribution in [2.75, 3.05) is 11.9 Å². The minimum atomic E-state index is -0.298.